The van der Waals surface area contributed by atoms with E-state index in [1.54, 1.807) is 37.3 Å². The third-order valence-electron chi connectivity index (χ3n) is 6.32. The maximum atomic E-state index is 13.9. The van der Waals surface area contributed by atoms with E-state index in [0.29, 0.717) is 39.6 Å². The standard InChI is InChI=1S/C28H33Cl2N3O4S/c1-4-6-17-31-28(35)25(5-2)32(18-22-23(29)14-10-15-24(22)30)27(34)19-33(38(3,36)37)26-16-9-12-20-11-7-8-13-21(20)26/h7-16,25H,4-6,17-19H2,1-3H3,(H,31,35)/t25-/m1/s1. The van der Waals surface area contributed by atoms with E-state index in [9.17, 15) is 18.0 Å². The molecule has 7 nitrogen and oxygen atoms in total. The molecule has 0 unspecified atom stereocenters. The molecular formula is C28H33Cl2N3O4S. The van der Waals surface area contributed by atoms with Crippen molar-refractivity contribution in [3.63, 3.8) is 0 Å². The number of benzene rings is 3. The molecule has 3 rings (SSSR count). The number of hydrogen-bond acceptors (Lipinski definition) is 4. The zero-order valence-corrected chi connectivity index (χ0v) is 24.1. The fourth-order valence-electron chi connectivity index (χ4n) is 4.30. The number of amides is 2. The number of nitrogens with zero attached hydrogens (tertiary/aromatic N) is 2. The molecule has 204 valence electrons. The number of unbranched alkanes of at least 4 members (excludes halogenated alkanes) is 1. The summed E-state index contributed by atoms with van der Waals surface area (Å²) >= 11 is 12.8. The van der Waals surface area contributed by atoms with Crippen molar-refractivity contribution in [1.29, 1.82) is 0 Å². The van der Waals surface area contributed by atoms with Crippen LogP contribution in [0.3, 0.4) is 0 Å². The SMILES string of the molecule is CCCCNC(=O)[C@@H](CC)N(Cc1c(Cl)cccc1Cl)C(=O)CN(c1cccc2ccccc12)S(C)(=O)=O. The normalized spacial score (nSPS) is 12.2. The Bertz CT molecular complexity index is 1370. The number of anilines is 1. The number of fused-ring (bicyclic) bond motifs is 1. The average molecular weight is 579 g/mol. The summed E-state index contributed by atoms with van der Waals surface area (Å²) in [5, 5.41) is 5.13. The molecule has 0 saturated heterocycles. The molecule has 0 heterocycles. The molecule has 0 radical (unpaired) electrons. The van der Waals surface area contributed by atoms with Gasteiger partial charge in [0.25, 0.3) is 0 Å². The van der Waals surface area contributed by atoms with Crippen LogP contribution in [0.1, 0.15) is 38.7 Å². The van der Waals surface area contributed by atoms with Gasteiger partial charge in [0, 0.05) is 34.1 Å². The number of halogens is 2. The van der Waals surface area contributed by atoms with Gasteiger partial charge in [0.1, 0.15) is 12.6 Å². The van der Waals surface area contributed by atoms with Crippen molar-refractivity contribution in [3.8, 4) is 0 Å². The van der Waals surface area contributed by atoms with E-state index >= 15 is 0 Å². The van der Waals surface area contributed by atoms with Gasteiger partial charge in [0.2, 0.25) is 21.8 Å². The van der Waals surface area contributed by atoms with Crippen molar-refractivity contribution in [1.82, 2.24) is 10.2 Å². The second-order valence-corrected chi connectivity index (χ2v) is 11.8. The van der Waals surface area contributed by atoms with E-state index in [2.05, 4.69) is 5.32 Å². The van der Waals surface area contributed by atoms with Crippen molar-refractivity contribution in [2.24, 2.45) is 0 Å². The molecule has 0 fully saturated rings. The third-order valence-corrected chi connectivity index (χ3v) is 8.15. The summed E-state index contributed by atoms with van der Waals surface area (Å²) in [6.45, 7) is 3.76. The molecule has 0 bridgehead atoms. The Labute approximate surface area is 234 Å². The maximum Gasteiger partial charge on any atom is 0.244 e. The molecule has 1 atom stereocenters. The van der Waals surface area contributed by atoms with Crippen LogP contribution in [0.25, 0.3) is 10.8 Å². The van der Waals surface area contributed by atoms with Gasteiger partial charge >= 0.3 is 0 Å². The highest BCUT2D eigenvalue weighted by molar-refractivity contribution is 7.92. The summed E-state index contributed by atoms with van der Waals surface area (Å²) in [5.74, 6) is -0.856. The Hall–Kier alpha value is -2.81. The molecular weight excluding hydrogens is 545 g/mol. The van der Waals surface area contributed by atoms with E-state index in [0.717, 1.165) is 28.8 Å². The summed E-state index contributed by atoms with van der Waals surface area (Å²) in [7, 11) is -3.86. The fourth-order valence-corrected chi connectivity index (χ4v) is 5.68. The van der Waals surface area contributed by atoms with Gasteiger partial charge < -0.3 is 10.2 Å². The minimum atomic E-state index is -3.86. The van der Waals surface area contributed by atoms with Crippen LogP contribution < -0.4 is 9.62 Å². The summed E-state index contributed by atoms with van der Waals surface area (Å²) < 4.78 is 27.0. The lowest BCUT2D eigenvalue weighted by atomic mass is 10.1. The first-order valence-corrected chi connectivity index (χ1v) is 15.1. The van der Waals surface area contributed by atoms with Crippen molar-refractivity contribution < 1.29 is 18.0 Å². The number of rotatable bonds is 12. The van der Waals surface area contributed by atoms with Gasteiger partial charge in [-0.25, -0.2) is 8.42 Å². The van der Waals surface area contributed by atoms with E-state index in [4.69, 9.17) is 23.2 Å². The Morgan fingerprint density at radius 2 is 1.58 bits per heavy atom. The molecule has 3 aromatic carbocycles. The zero-order chi connectivity index (χ0) is 27.9. The first-order valence-electron chi connectivity index (χ1n) is 12.5. The minimum Gasteiger partial charge on any atom is -0.354 e. The predicted molar refractivity (Wildman–Crippen MR) is 155 cm³/mol. The molecule has 0 saturated carbocycles. The highest BCUT2D eigenvalue weighted by atomic mass is 35.5. The molecule has 0 spiro atoms. The number of sulfonamides is 1. The Morgan fingerprint density at radius 1 is 0.947 bits per heavy atom. The highest BCUT2D eigenvalue weighted by Gasteiger charge is 2.32. The molecule has 0 aliphatic heterocycles. The second kappa shape index (κ2) is 13.3. The van der Waals surface area contributed by atoms with Crippen LogP contribution in [0.15, 0.2) is 60.7 Å². The van der Waals surface area contributed by atoms with Crippen LogP contribution in [0.2, 0.25) is 10.0 Å². The van der Waals surface area contributed by atoms with Crippen LogP contribution in [-0.4, -0.2) is 50.5 Å². The molecule has 2 amide bonds. The largest absolute Gasteiger partial charge is 0.354 e. The smallest absolute Gasteiger partial charge is 0.244 e. The quantitative estimate of drug-likeness (QED) is 0.282. The van der Waals surface area contributed by atoms with Gasteiger partial charge in [0.05, 0.1) is 11.9 Å². The van der Waals surface area contributed by atoms with Gasteiger partial charge in [-0.15, -0.1) is 0 Å². The molecule has 0 aliphatic carbocycles. The maximum absolute atomic E-state index is 13.9. The highest BCUT2D eigenvalue weighted by Crippen LogP contribution is 2.30. The number of nitrogens with one attached hydrogen (secondary N) is 1. The number of carbonyl (C=O) groups excluding carboxylic acids is 2. The Morgan fingerprint density at radius 3 is 2.21 bits per heavy atom. The Balaban J connectivity index is 2.04. The predicted octanol–water partition coefficient (Wildman–Crippen LogP) is 5.64. The van der Waals surface area contributed by atoms with Gasteiger partial charge in [-0.05, 0) is 36.4 Å². The molecule has 3 aromatic rings. The third kappa shape index (κ3) is 7.18. The zero-order valence-electron chi connectivity index (χ0n) is 21.8. The summed E-state index contributed by atoms with van der Waals surface area (Å²) in [6, 6.07) is 16.8. The number of carbonyl (C=O) groups is 2. The van der Waals surface area contributed by atoms with Crippen molar-refractivity contribution in [2.45, 2.75) is 45.7 Å². The van der Waals surface area contributed by atoms with Crippen LogP contribution in [0, 0.1) is 0 Å². The summed E-state index contributed by atoms with van der Waals surface area (Å²) in [4.78, 5) is 28.5. The monoisotopic (exact) mass is 577 g/mol. The lowest BCUT2D eigenvalue weighted by Crippen LogP contribution is -2.52. The minimum absolute atomic E-state index is 0.0514. The van der Waals surface area contributed by atoms with Crippen LogP contribution in [0.4, 0.5) is 5.69 Å². The molecule has 0 aliphatic rings. The van der Waals surface area contributed by atoms with E-state index in [1.165, 1.54) is 4.90 Å². The van der Waals surface area contributed by atoms with Crippen LogP contribution in [-0.2, 0) is 26.2 Å². The topological polar surface area (TPSA) is 86.8 Å². The summed E-state index contributed by atoms with van der Waals surface area (Å²) in [6.07, 6.45) is 3.09. The Kier molecular flexibility index (Phi) is 10.4. The van der Waals surface area contributed by atoms with Crippen LogP contribution in [0.5, 0.6) is 0 Å². The van der Waals surface area contributed by atoms with Crippen LogP contribution >= 0.6 is 23.2 Å². The first kappa shape index (κ1) is 29.7. The average Bonchev–Trinajstić information content (AvgIpc) is 2.88. The second-order valence-electron chi connectivity index (χ2n) is 9.06. The van der Waals surface area contributed by atoms with Gasteiger partial charge in [-0.2, -0.15) is 0 Å². The fraction of sp³-hybridized carbons (Fsp3) is 0.357. The van der Waals surface area contributed by atoms with Gasteiger partial charge in [0.15, 0.2) is 0 Å². The van der Waals surface area contributed by atoms with Gasteiger partial charge in [-0.3, -0.25) is 13.9 Å². The molecule has 38 heavy (non-hydrogen) atoms. The molecule has 0 aromatic heterocycles. The van der Waals surface area contributed by atoms with E-state index in [1.807, 2.05) is 37.3 Å². The van der Waals surface area contributed by atoms with E-state index in [-0.39, 0.29) is 12.5 Å². The molecule has 1 N–H and O–H groups in total. The number of hydrogen-bond donors (Lipinski definition) is 1. The van der Waals surface area contributed by atoms with Gasteiger partial charge in [-0.1, -0.05) is 85.9 Å². The molecule has 10 heteroatoms. The van der Waals surface area contributed by atoms with E-state index < -0.39 is 28.5 Å². The lowest BCUT2D eigenvalue weighted by molar-refractivity contribution is -0.140. The van der Waals surface area contributed by atoms with Crippen molar-refractivity contribution in [2.75, 3.05) is 23.7 Å². The first-order chi connectivity index (χ1) is 18.1. The summed E-state index contributed by atoms with van der Waals surface area (Å²) in [5.41, 5.74) is 0.871. The van der Waals surface area contributed by atoms with Crippen molar-refractivity contribution >= 4 is 61.5 Å². The van der Waals surface area contributed by atoms with Crippen molar-refractivity contribution in [3.05, 3.63) is 76.3 Å². The lowest BCUT2D eigenvalue weighted by Gasteiger charge is -2.33.